The van der Waals surface area contributed by atoms with Crippen molar-refractivity contribution in [3.63, 3.8) is 0 Å². The van der Waals surface area contributed by atoms with E-state index in [1.54, 1.807) is 0 Å². The van der Waals surface area contributed by atoms with E-state index < -0.39 is 61.1 Å². The second-order valence-electron chi connectivity index (χ2n) is 5.97. The van der Waals surface area contributed by atoms with Crippen molar-refractivity contribution in [2.45, 2.75) is 50.4 Å². The molecule has 0 saturated carbocycles. The lowest BCUT2D eigenvalue weighted by Gasteiger charge is -2.20. The molecule has 0 radical (unpaired) electrons. The minimum atomic E-state index is -1.38. The third-order valence-electron chi connectivity index (χ3n) is 3.64. The summed E-state index contributed by atoms with van der Waals surface area (Å²) in [6.45, 7) is 0.384. The lowest BCUT2D eigenvalue weighted by molar-refractivity contribution is -0.142. The number of aliphatic hydroxyl groups is 2. The molecule has 0 heterocycles. The molecular formula is C15H29N5O7. The number of carboxylic acid groups (broad SMARTS) is 1. The predicted molar refractivity (Wildman–Crippen MR) is 94.2 cm³/mol. The van der Waals surface area contributed by atoms with Crippen LogP contribution in [0.25, 0.3) is 0 Å². The predicted octanol–water partition coefficient (Wildman–Crippen LogP) is -4.01. The number of hydrogen-bond acceptors (Lipinski definition) is 8. The number of nitrogens with one attached hydrogen (secondary N) is 3. The van der Waals surface area contributed by atoms with Crippen LogP contribution in [0.4, 0.5) is 0 Å². The number of aliphatic hydroxyl groups excluding tert-OH is 2. The van der Waals surface area contributed by atoms with Crippen LogP contribution < -0.4 is 27.4 Å². The molecule has 0 aromatic carbocycles. The first-order valence-electron chi connectivity index (χ1n) is 8.48. The Balaban J connectivity index is 4.52. The fourth-order valence-electron chi connectivity index (χ4n) is 1.97. The highest BCUT2D eigenvalue weighted by Gasteiger charge is 2.26. The zero-order chi connectivity index (χ0) is 21.0. The van der Waals surface area contributed by atoms with Crippen molar-refractivity contribution >= 4 is 23.7 Å². The largest absolute Gasteiger partial charge is 0.480 e. The summed E-state index contributed by atoms with van der Waals surface area (Å²) in [7, 11) is 0. The Morgan fingerprint density at radius 1 is 1.04 bits per heavy atom. The van der Waals surface area contributed by atoms with E-state index in [9.17, 15) is 29.4 Å². The quantitative estimate of drug-likeness (QED) is 0.143. The second-order valence-corrected chi connectivity index (χ2v) is 5.97. The van der Waals surface area contributed by atoms with Gasteiger partial charge in [0.1, 0.15) is 18.1 Å². The van der Waals surface area contributed by atoms with Crippen molar-refractivity contribution in [2.24, 2.45) is 11.5 Å². The van der Waals surface area contributed by atoms with Gasteiger partial charge in [-0.2, -0.15) is 0 Å². The average Bonchev–Trinajstić information content (AvgIpc) is 2.62. The minimum Gasteiger partial charge on any atom is -0.480 e. The first-order chi connectivity index (χ1) is 12.6. The van der Waals surface area contributed by atoms with Crippen LogP contribution in [-0.4, -0.2) is 82.9 Å². The summed E-state index contributed by atoms with van der Waals surface area (Å²) in [5.41, 5.74) is 10.7. The summed E-state index contributed by atoms with van der Waals surface area (Å²) in [6.07, 6.45) is 0.162. The van der Waals surface area contributed by atoms with Gasteiger partial charge in [0, 0.05) is 0 Å². The number of nitrogens with two attached hydrogens (primary N) is 2. The fourth-order valence-corrected chi connectivity index (χ4v) is 1.97. The fraction of sp³-hybridized carbons (Fsp3) is 0.733. The third-order valence-corrected chi connectivity index (χ3v) is 3.64. The van der Waals surface area contributed by atoms with E-state index in [2.05, 4.69) is 16.0 Å². The summed E-state index contributed by atoms with van der Waals surface area (Å²) in [5, 5.41) is 34.1. The van der Waals surface area contributed by atoms with E-state index in [-0.39, 0.29) is 6.42 Å². The van der Waals surface area contributed by atoms with Crippen LogP contribution >= 0.6 is 0 Å². The standard InChI is InChI=1S/C15H29N5O7/c1-8(22)12(17)14(25)20-10(7-21)13(24)18-6-11(23)19-9(15(26)27)4-2-3-5-16/h8-10,12,21-22H,2-7,16-17H2,1H3,(H,18,24)(H,19,23)(H,20,25)(H,26,27). The lowest BCUT2D eigenvalue weighted by atomic mass is 10.1. The topological polar surface area (TPSA) is 217 Å². The Hall–Kier alpha value is -2.28. The highest BCUT2D eigenvalue weighted by molar-refractivity contribution is 5.92. The maximum atomic E-state index is 11.9. The van der Waals surface area contributed by atoms with Gasteiger partial charge in [-0.15, -0.1) is 0 Å². The van der Waals surface area contributed by atoms with Crippen molar-refractivity contribution in [2.75, 3.05) is 19.7 Å². The monoisotopic (exact) mass is 391 g/mol. The molecule has 4 atom stereocenters. The highest BCUT2D eigenvalue weighted by atomic mass is 16.4. The van der Waals surface area contributed by atoms with Gasteiger partial charge in [-0.25, -0.2) is 4.79 Å². The van der Waals surface area contributed by atoms with Gasteiger partial charge in [-0.1, -0.05) is 0 Å². The van der Waals surface area contributed by atoms with E-state index in [0.29, 0.717) is 19.4 Å². The Morgan fingerprint density at radius 2 is 1.67 bits per heavy atom. The summed E-state index contributed by atoms with van der Waals surface area (Å²) in [6, 6.07) is -3.78. The average molecular weight is 391 g/mol. The molecule has 10 N–H and O–H groups in total. The van der Waals surface area contributed by atoms with Crippen molar-refractivity contribution in [3.05, 3.63) is 0 Å². The third kappa shape index (κ3) is 9.84. The Labute approximate surface area is 156 Å². The Kier molecular flexibility index (Phi) is 11.9. The van der Waals surface area contributed by atoms with Crippen LogP contribution in [-0.2, 0) is 19.2 Å². The number of hydrogen-bond donors (Lipinski definition) is 8. The molecule has 0 aromatic heterocycles. The molecule has 0 aromatic rings. The Bertz CT molecular complexity index is 515. The van der Waals surface area contributed by atoms with Crippen LogP contribution in [0.15, 0.2) is 0 Å². The SMILES string of the molecule is CC(O)C(N)C(=O)NC(CO)C(=O)NCC(=O)NC(CCCCN)C(=O)O. The van der Waals surface area contributed by atoms with E-state index in [4.69, 9.17) is 16.6 Å². The summed E-state index contributed by atoms with van der Waals surface area (Å²) < 4.78 is 0. The zero-order valence-electron chi connectivity index (χ0n) is 15.2. The van der Waals surface area contributed by atoms with Crippen molar-refractivity contribution < 1.29 is 34.5 Å². The summed E-state index contributed by atoms with van der Waals surface area (Å²) >= 11 is 0. The van der Waals surface area contributed by atoms with Crippen molar-refractivity contribution in [1.82, 2.24) is 16.0 Å². The summed E-state index contributed by atoms with van der Waals surface area (Å²) in [4.78, 5) is 46.6. The molecule has 0 saturated heterocycles. The number of carboxylic acids is 1. The van der Waals surface area contributed by atoms with Gasteiger partial charge in [0.05, 0.1) is 19.3 Å². The van der Waals surface area contributed by atoms with E-state index in [1.165, 1.54) is 6.92 Å². The van der Waals surface area contributed by atoms with E-state index in [0.717, 1.165) is 0 Å². The molecule has 12 nitrogen and oxygen atoms in total. The number of carbonyl (C=O) groups is 4. The number of carbonyl (C=O) groups excluding carboxylic acids is 3. The van der Waals surface area contributed by atoms with Crippen LogP contribution in [0.2, 0.25) is 0 Å². The van der Waals surface area contributed by atoms with E-state index in [1.807, 2.05) is 0 Å². The molecule has 0 aliphatic carbocycles. The number of unbranched alkanes of at least 4 members (excludes halogenated alkanes) is 1. The van der Waals surface area contributed by atoms with Gasteiger partial charge in [0.2, 0.25) is 17.7 Å². The molecule has 3 amide bonds. The van der Waals surface area contributed by atoms with Crippen LogP contribution in [0.3, 0.4) is 0 Å². The van der Waals surface area contributed by atoms with Crippen molar-refractivity contribution in [1.29, 1.82) is 0 Å². The molecule has 27 heavy (non-hydrogen) atoms. The number of aliphatic carboxylic acids is 1. The molecule has 0 aliphatic rings. The first kappa shape index (κ1) is 24.7. The first-order valence-corrected chi connectivity index (χ1v) is 8.48. The molecule has 0 rings (SSSR count). The maximum absolute atomic E-state index is 11.9. The lowest BCUT2D eigenvalue weighted by Crippen LogP contribution is -2.56. The molecular weight excluding hydrogens is 362 g/mol. The number of rotatable bonds is 13. The molecule has 12 heteroatoms. The molecule has 4 unspecified atom stereocenters. The van der Waals surface area contributed by atoms with Crippen LogP contribution in [0.1, 0.15) is 26.2 Å². The van der Waals surface area contributed by atoms with Crippen LogP contribution in [0, 0.1) is 0 Å². The minimum absolute atomic E-state index is 0.193. The highest BCUT2D eigenvalue weighted by Crippen LogP contribution is 2.00. The molecule has 0 spiro atoms. The summed E-state index contributed by atoms with van der Waals surface area (Å²) in [5.74, 6) is -3.67. The zero-order valence-corrected chi connectivity index (χ0v) is 15.2. The van der Waals surface area contributed by atoms with Crippen molar-refractivity contribution in [3.8, 4) is 0 Å². The van der Waals surface area contributed by atoms with Gasteiger partial charge in [-0.3, -0.25) is 14.4 Å². The normalized spacial score (nSPS) is 15.1. The molecule has 0 aliphatic heterocycles. The molecule has 156 valence electrons. The molecule has 0 fully saturated rings. The Morgan fingerprint density at radius 3 is 2.15 bits per heavy atom. The van der Waals surface area contributed by atoms with Gasteiger partial charge < -0.3 is 42.7 Å². The van der Waals surface area contributed by atoms with Gasteiger partial charge >= 0.3 is 5.97 Å². The number of amides is 3. The van der Waals surface area contributed by atoms with Gasteiger partial charge in [0.15, 0.2) is 0 Å². The van der Waals surface area contributed by atoms with E-state index >= 15 is 0 Å². The smallest absolute Gasteiger partial charge is 0.326 e. The molecule has 0 bridgehead atoms. The van der Waals surface area contributed by atoms with Crippen LogP contribution in [0.5, 0.6) is 0 Å². The van der Waals surface area contributed by atoms with Gasteiger partial charge in [0.25, 0.3) is 0 Å². The second kappa shape index (κ2) is 13.0. The maximum Gasteiger partial charge on any atom is 0.326 e. The van der Waals surface area contributed by atoms with Gasteiger partial charge in [-0.05, 0) is 32.7 Å².